The molecule has 0 aliphatic carbocycles. The van der Waals surface area contributed by atoms with E-state index < -0.39 is 0 Å². The Morgan fingerprint density at radius 2 is 2.25 bits per heavy atom. The van der Waals surface area contributed by atoms with Crippen molar-refractivity contribution in [1.82, 2.24) is 0 Å². The number of rotatable bonds is 7. The quantitative estimate of drug-likeness (QED) is 0.229. The van der Waals surface area contributed by atoms with Gasteiger partial charge in [0.05, 0.1) is 23.9 Å². The van der Waals surface area contributed by atoms with Crippen molar-refractivity contribution in [2.24, 2.45) is 10.9 Å². The van der Waals surface area contributed by atoms with Gasteiger partial charge >= 0.3 is 0 Å². The van der Waals surface area contributed by atoms with Gasteiger partial charge in [0.2, 0.25) is 5.91 Å². The topological polar surface area (TPSA) is 106 Å². The third kappa shape index (κ3) is 5.04. The maximum atomic E-state index is 11.6. The first-order valence-electron chi connectivity index (χ1n) is 5.72. The smallest absolute Gasteiger partial charge is 0.250 e. The lowest BCUT2D eigenvalue weighted by Crippen LogP contribution is -2.20. The number of carbonyl (C=O) groups excluding carboxylic acids is 1. The van der Waals surface area contributed by atoms with Crippen molar-refractivity contribution in [2.45, 2.75) is 0 Å². The van der Waals surface area contributed by atoms with Crippen molar-refractivity contribution in [3.8, 4) is 0 Å². The van der Waals surface area contributed by atoms with Gasteiger partial charge < -0.3 is 25.7 Å². The molecule has 1 aromatic carbocycles. The minimum Gasteiger partial charge on any atom is -0.409 e. The van der Waals surface area contributed by atoms with Crippen molar-refractivity contribution in [3.63, 3.8) is 0 Å². The molecule has 1 amide bonds. The van der Waals surface area contributed by atoms with E-state index in [1.807, 2.05) is 0 Å². The number of amidine groups is 1. The number of halogens is 1. The molecule has 0 unspecified atom stereocenters. The highest BCUT2D eigenvalue weighted by molar-refractivity contribution is 6.33. The SMILES string of the molecule is COCCOCC(=O)Nc1cc(/C(N)=N/O)ccc1Cl. The lowest BCUT2D eigenvalue weighted by atomic mass is 10.2. The zero-order valence-corrected chi connectivity index (χ0v) is 11.7. The van der Waals surface area contributed by atoms with E-state index in [9.17, 15) is 4.79 Å². The maximum Gasteiger partial charge on any atom is 0.250 e. The number of hydrogen-bond donors (Lipinski definition) is 3. The summed E-state index contributed by atoms with van der Waals surface area (Å²) in [7, 11) is 1.54. The van der Waals surface area contributed by atoms with Gasteiger partial charge in [-0.1, -0.05) is 16.8 Å². The monoisotopic (exact) mass is 301 g/mol. The standard InChI is InChI=1S/C12H16ClN3O4/c1-19-4-5-20-7-11(17)15-10-6-8(12(14)16-18)2-3-9(10)13/h2-3,6,18H,4-5,7H2,1H3,(H2,14,16)(H,15,17). The van der Waals surface area contributed by atoms with Crippen LogP contribution in [0, 0.1) is 0 Å². The van der Waals surface area contributed by atoms with E-state index in [0.29, 0.717) is 29.5 Å². The van der Waals surface area contributed by atoms with E-state index >= 15 is 0 Å². The van der Waals surface area contributed by atoms with Crippen LogP contribution in [0.2, 0.25) is 5.02 Å². The lowest BCUT2D eigenvalue weighted by molar-refractivity contribution is -0.121. The fourth-order valence-electron chi connectivity index (χ4n) is 1.33. The molecule has 7 nitrogen and oxygen atoms in total. The fourth-order valence-corrected chi connectivity index (χ4v) is 1.50. The second kappa shape index (κ2) is 8.36. The highest BCUT2D eigenvalue weighted by Gasteiger charge is 2.09. The van der Waals surface area contributed by atoms with E-state index in [0.717, 1.165) is 0 Å². The Balaban J connectivity index is 2.64. The van der Waals surface area contributed by atoms with E-state index in [1.54, 1.807) is 13.2 Å². The second-order valence-electron chi connectivity index (χ2n) is 3.77. The number of benzene rings is 1. The first kappa shape index (κ1) is 16.2. The predicted molar refractivity (Wildman–Crippen MR) is 75.3 cm³/mol. The summed E-state index contributed by atoms with van der Waals surface area (Å²) in [6.45, 7) is 0.613. The van der Waals surface area contributed by atoms with Gasteiger partial charge in [0.1, 0.15) is 6.61 Å². The number of ether oxygens (including phenoxy) is 2. The van der Waals surface area contributed by atoms with Gasteiger partial charge in [0, 0.05) is 12.7 Å². The van der Waals surface area contributed by atoms with Crippen LogP contribution in [0.4, 0.5) is 5.69 Å². The van der Waals surface area contributed by atoms with Gasteiger partial charge in [-0.3, -0.25) is 4.79 Å². The Morgan fingerprint density at radius 3 is 2.90 bits per heavy atom. The summed E-state index contributed by atoms with van der Waals surface area (Å²) in [5.41, 5.74) is 6.26. The Morgan fingerprint density at radius 1 is 1.50 bits per heavy atom. The van der Waals surface area contributed by atoms with Crippen LogP contribution < -0.4 is 11.1 Å². The molecule has 0 bridgehead atoms. The number of anilines is 1. The first-order valence-corrected chi connectivity index (χ1v) is 6.10. The number of nitrogens with two attached hydrogens (primary N) is 1. The predicted octanol–water partition coefficient (Wildman–Crippen LogP) is 1.04. The molecule has 20 heavy (non-hydrogen) atoms. The Bertz CT molecular complexity index is 494. The van der Waals surface area contributed by atoms with Crippen LogP contribution in [-0.4, -0.2) is 43.9 Å². The third-order valence-electron chi connectivity index (χ3n) is 2.31. The zero-order valence-electron chi connectivity index (χ0n) is 10.9. The number of nitrogens with zero attached hydrogens (tertiary/aromatic N) is 1. The van der Waals surface area contributed by atoms with E-state index in [1.165, 1.54) is 12.1 Å². The summed E-state index contributed by atoms with van der Waals surface area (Å²) in [5.74, 6) is -0.437. The normalized spacial score (nSPS) is 11.4. The molecule has 0 spiro atoms. The average Bonchev–Trinajstić information content (AvgIpc) is 2.45. The summed E-state index contributed by atoms with van der Waals surface area (Å²) >= 11 is 5.95. The highest BCUT2D eigenvalue weighted by Crippen LogP contribution is 2.22. The van der Waals surface area contributed by atoms with Gasteiger partial charge in [-0.15, -0.1) is 0 Å². The highest BCUT2D eigenvalue weighted by atomic mass is 35.5. The third-order valence-corrected chi connectivity index (χ3v) is 2.64. The molecule has 1 rings (SSSR count). The molecule has 0 radical (unpaired) electrons. The summed E-state index contributed by atoms with van der Waals surface area (Å²) in [5, 5.41) is 14.4. The van der Waals surface area contributed by atoms with Gasteiger partial charge in [-0.25, -0.2) is 0 Å². The van der Waals surface area contributed by atoms with Crippen LogP contribution in [0.25, 0.3) is 0 Å². The minimum atomic E-state index is -0.361. The van der Waals surface area contributed by atoms with Crippen molar-refractivity contribution in [1.29, 1.82) is 0 Å². The van der Waals surface area contributed by atoms with Crippen LogP contribution in [0.3, 0.4) is 0 Å². The largest absolute Gasteiger partial charge is 0.409 e. The molecule has 0 atom stereocenters. The zero-order chi connectivity index (χ0) is 15.0. The van der Waals surface area contributed by atoms with Crippen LogP contribution in [0.1, 0.15) is 5.56 Å². The molecule has 4 N–H and O–H groups in total. The van der Waals surface area contributed by atoms with Crippen LogP contribution >= 0.6 is 11.6 Å². The summed E-state index contributed by atoms with van der Waals surface area (Å²) in [6, 6.07) is 4.61. The van der Waals surface area contributed by atoms with Crippen LogP contribution in [0.5, 0.6) is 0 Å². The number of nitrogens with one attached hydrogen (secondary N) is 1. The molecule has 8 heteroatoms. The summed E-state index contributed by atoms with van der Waals surface area (Å²) in [4.78, 5) is 11.6. The lowest BCUT2D eigenvalue weighted by Gasteiger charge is -2.09. The average molecular weight is 302 g/mol. The molecular formula is C12H16ClN3O4. The van der Waals surface area contributed by atoms with Gasteiger partial charge in [0.25, 0.3) is 0 Å². The molecule has 0 heterocycles. The fraction of sp³-hybridized carbons (Fsp3) is 0.333. The summed E-state index contributed by atoms with van der Waals surface area (Å²) < 4.78 is 9.87. The van der Waals surface area contributed by atoms with Gasteiger partial charge in [-0.05, 0) is 18.2 Å². The number of carbonyl (C=O) groups is 1. The molecule has 1 aromatic rings. The molecule has 0 fully saturated rings. The van der Waals surface area contributed by atoms with E-state index in [-0.39, 0.29) is 18.3 Å². The van der Waals surface area contributed by atoms with Gasteiger partial charge in [-0.2, -0.15) is 0 Å². The molecule has 0 aliphatic rings. The molecule has 0 saturated heterocycles. The van der Waals surface area contributed by atoms with Crippen molar-refractivity contribution < 1.29 is 19.5 Å². The summed E-state index contributed by atoms with van der Waals surface area (Å²) in [6.07, 6.45) is 0. The van der Waals surface area contributed by atoms with Crippen molar-refractivity contribution in [2.75, 3.05) is 32.2 Å². The number of amides is 1. The number of hydrogen-bond acceptors (Lipinski definition) is 5. The Labute approximate surface area is 121 Å². The van der Waals surface area contributed by atoms with Crippen molar-refractivity contribution >= 4 is 29.0 Å². The second-order valence-corrected chi connectivity index (χ2v) is 4.18. The molecular weight excluding hydrogens is 286 g/mol. The van der Waals surface area contributed by atoms with Crippen LogP contribution in [0.15, 0.2) is 23.4 Å². The Hall–Kier alpha value is -1.83. The molecule has 0 aliphatic heterocycles. The van der Waals surface area contributed by atoms with Gasteiger partial charge in [0.15, 0.2) is 5.84 Å². The molecule has 110 valence electrons. The molecule has 0 aromatic heterocycles. The Kier molecular flexibility index (Phi) is 6.78. The van der Waals surface area contributed by atoms with Crippen LogP contribution in [-0.2, 0) is 14.3 Å². The maximum absolute atomic E-state index is 11.6. The molecule has 0 saturated carbocycles. The minimum absolute atomic E-state index is 0.0755. The number of oxime groups is 1. The first-order chi connectivity index (χ1) is 9.58. The van der Waals surface area contributed by atoms with E-state index in [4.69, 9.17) is 32.0 Å². The van der Waals surface area contributed by atoms with E-state index in [2.05, 4.69) is 10.5 Å². The number of methoxy groups -OCH3 is 1. The van der Waals surface area contributed by atoms with Crippen molar-refractivity contribution in [3.05, 3.63) is 28.8 Å².